The fraction of sp³-hybridized carbons (Fsp3) is 0.200. The molecule has 3 N–H and O–H groups in total. The number of pyridine rings is 1. The van der Waals surface area contributed by atoms with Crippen molar-refractivity contribution < 1.29 is 19.4 Å². The topological polar surface area (TPSA) is 82.5 Å². The summed E-state index contributed by atoms with van der Waals surface area (Å²) in [5.41, 5.74) is 0.677. The number of aromatic nitrogens is 1. The summed E-state index contributed by atoms with van der Waals surface area (Å²) in [5, 5.41) is 21.5. The molecule has 0 spiro atoms. The summed E-state index contributed by atoms with van der Waals surface area (Å²) in [7, 11) is 0. The van der Waals surface area contributed by atoms with Gasteiger partial charge in [0.1, 0.15) is 11.6 Å². The molecule has 110 valence electrons. The van der Waals surface area contributed by atoms with Gasteiger partial charge in [-0.1, -0.05) is 12.1 Å². The van der Waals surface area contributed by atoms with Crippen LogP contribution in [0.25, 0.3) is 0 Å². The van der Waals surface area contributed by atoms with Gasteiger partial charge in [-0.3, -0.25) is 4.79 Å². The number of amides is 1. The lowest BCUT2D eigenvalue weighted by molar-refractivity contribution is 0.0908. The summed E-state index contributed by atoms with van der Waals surface area (Å²) < 4.78 is 12.8. The molecule has 1 amide bonds. The number of aliphatic hydroxyl groups is 1. The molecule has 0 aliphatic heterocycles. The van der Waals surface area contributed by atoms with Crippen LogP contribution in [0.5, 0.6) is 5.75 Å². The van der Waals surface area contributed by atoms with Crippen LogP contribution in [0.15, 0.2) is 42.6 Å². The smallest absolute Gasteiger partial charge is 0.274 e. The summed E-state index contributed by atoms with van der Waals surface area (Å²) >= 11 is 0. The van der Waals surface area contributed by atoms with E-state index in [1.54, 1.807) is 12.1 Å². The number of carbonyl (C=O) groups excluding carboxylic acids is 1. The van der Waals surface area contributed by atoms with Crippen molar-refractivity contribution in [3.05, 3.63) is 59.7 Å². The van der Waals surface area contributed by atoms with Crippen LogP contribution in [-0.2, 0) is 6.42 Å². The predicted octanol–water partition coefficient (Wildman–Crippen LogP) is 1.26. The maximum Gasteiger partial charge on any atom is 0.274 e. The minimum atomic E-state index is -0.575. The monoisotopic (exact) mass is 290 g/mol. The Morgan fingerprint density at radius 1 is 1.29 bits per heavy atom. The molecule has 1 atom stereocenters. The Kier molecular flexibility index (Phi) is 4.84. The van der Waals surface area contributed by atoms with Gasteiger partial charge < -0.3 is 15.5 Å². The molecule has 0 aliphatic carbocycles. The Bertz CT molecular complexity index is 617. The zero-order chi connectivity index (χ0) is 15.2. The van der Waals surface area contributed by atoms with Crippen molar-refractivity contribution in [1.82, 2.24) is 10.3 Å². The molecule has 0 aliphatic rings. The number of nitrogens with zero attached hydrogens (tertiary/aromatic N) is 1. The second-order valence-corrected chi connectivity index (χ2v) is 4.55. The number of hydrogen-bond donors (Lipinski definition) is 3. The number of hydrogen-bond acceptors (Lipinski definition) is 4. The van der Waals surface area contributed by atoms with Crippen LogP contribution in [0.4, 0.5) is 4.39 Å². The molecule has 2 aromatic rings. The van der Waals surface area contributed by atoms with E-state index in [-0.39, 0.29) is 23.9 Å². The number of halogens is 1. The van der Waals surface area contributed by atoms with Crippen molar-refractivity contribution in [3.8, 4) is 5.75 Å². The lowest BCUT2D eigenvalue weighted by Crippen LogP contribution is -2.39. The van der Waals surface area contributed by atoms with Crippen LogP contribution < -0.4 is 5.32 Å². The van der Waals surface area contributed by atoms with Gasteiger partial charge in [0, 0.05) is 6.20 Å². The quantitative estimate of drug-likeness (QED) is 0.774. The van der Waals surface area contributed by atoms with Gasteiger partial charge in [0.15, 0.2) is 5.69 Å². The summed E-state index contributed by atoms with van der Waals surface area (Å²) in [6, 6.07) is 8.12. The molecular formula is C15H15FN2O3. The lowest BCUT2D eigenvalue weighted by Gasteiger charge is -2.16. The van der Waals surface area contributed by atoms with Gasteiger partial charge in [0.2, 0.25) is 0 Å². The second-order valence-electron chi connectivity index (χ2n) is 4.55. The van der Waals surface area contributed by atoms with Crippen molar-refractivity contribution in [2.45, 2.75) is 12.5 Å². The molecule has 0 saturated heterocycles. The van der Waals surface area contributed by atoms with Crippen molar-refractivity contribution in [3.63, 3.8) is 0 Å². The molecule has 21 heavy (non-hydrogen) atoms. The Balaban J connectivity index is 2.04. The van der Waals surface area contributed by atoms with E-state index in [0.717, 1.165) is 5.56 Å². The summed E-state index contributed by atoms with van der Waals surface area (Å²) in [4.78, 5) is 15.8. The summed E-state index contributed by atoms with van der Waals surface area (Å²) in [6.07, 6.45) is 1.73. The molecule has 0 fully saturated rings. The third kappa shape index (κ3) is 4.00. The normalized spacial score (nSPS) is 11.9. The number of nitrogens with one attached hydrogen (secondary N) is 1. The van der Waals surface area contributed by atoms with Gasteiger partial charge in [-0.05, 0) is 36.2 Å². The average Bonchev–Trinajstić information content (AvgIpc) is 2.49. The minimum Gasteiger partial charge on any atom is -0.505 e. The Hall–Kier alpha value is -2.47. The van der Waals surface area contributed by atoms with Gasteiger partial charge in [0.25, 0.3) is 5.91 Å². The zero-order valence-corrected chi connectivity index (χ0v) is 11.2. The first-order valence-electron chi connectivity index (χ1n) is 6.40. The summed E-state index contributed by atoms with van der Waals surface area (Å²) in [5.74, 6) is -1.15. The highest BCUT2D eigenvalue weighted by molar-refractivity contribution is 5.94. The van der Waals surface area contributed by atoms with Gasteiger partial charge in [0.05, 0.1) is 12.6 Å². The number of rotatable bonds is 5. The molecular weight excluding hydrogens is 275 g/mol. The van der Waals surface area contributed by atoms with Gasteiger partial charge in [-0.15, -0.1) is 0 Å². The molecule has 1 aromatic heterocycles. The molecule has 2 rings (SSSR count). The SMILES string of the molecule is O=C(NC(CO)Cc1ccc(F)cc1)c1ncccc1O. The number of benzene rings is 1. The van der Waals surface area contributed by atoms with E-state index in [4.69, 9.17) is 0 Å². The Morgan fingerprint density at radius 2 is 2.00 bits per heavy atom. The fourth-order valence-electron chi connectivity index (χ4n) is 1.89. The minimum absolute atomic E-state index is 0.102. The highest BCUT2D eigenvalue weighted by Crippen LogP contribution is 2.13. The van der Waals surface area contributed by atoms with Crippen molar-refractivity contribution in [1.29, 1.82) is 0 Å². The highest BCUT2D eigenvalue weighted by atomic mass is 19.1. The molecule has 0 saturated carbocycles. The van der Waals surface area contributed by atoms with Gasteiger partial charge >= 0.3 is 0 Å². The molecule has 6 heteroatoms. The zero-order valence-electron chi connectivity index (χ0n) is 11.2. The number of aliphatic hydroxyl groups excluding tert-OH is 1. The molecule has 1 unspecified atom stereocenters. The third-order valence-electron chi connectivity index (χ3n) is 2.95. The van der Waals surface area contributed by atoms with Crippen LogP contribution in [0, 0.1) is 5.82 Å². The molecule has 0 radical (unpaired) electrons. The maximum atomic E-state index is 12.8. The third-order valence-corrected chi connectivity index (χ3v) is 2.95. The van der Waals surface area contributed by atoms with Gasteiger partial charge in [-0.25, -0.2) is 9.37 Å². The summed E-state index contributed by atoms with van der Waals surface area (Å²) in [6.45, 7) is -0.281. The average molecular weight is 290 g/mol. The van der Waals surface area contributed by atoms with E-state index >= 15 is 0 Å². The first-order chi connectivity index (χ1) is 10.1. The van der Waals surface area contributed by atoms with Crippen molar-refractivity contribution in [2.75, 3.05) is 6.61 Å². The molecule has 1 heterocycles. The molecule has 1 aromatic carbocycles. The second kappa shape index (κ2) is 6.81. The first kappa shape index (κ1) is 14.9. The van der Waals surface area contributed by atoms with Crippen LogP contribution in [-0.4, -0.2) is 33.8 Å². The Morgan fingerprint density at radius 3 is 2.62 bits per heavy atom. The lowest BCUT2D eigenvalue weighted by atomic mass is 10.1. The van der Waals surface area contributed by atoms with E-state index in [0.29, 0.717) is 6.42 Å². The molecule has 0 bridgehead atoms. The van der Waals surface area contributed by atoms with E-state index < -0.39 is 11.9 Å². The Labute approximate surface area is 121 Å². The number of carbonyl (C=O) groups is 1. The maximum absolute atomic E-state index is 12.8. The molecule has 5 nitrogen and oxygen atoms in total. The van der Waals surface area contributed by atoms with Gasteiger partial charge in [-0.2, -0.15) is 0 Å². The van der Waals surface area contributed by atoms with Crippen molar-refractivity contribution in [2.24, 2.45) is 0 Å². The van der Waals surface area contributed by atoms with Crippen molar-refractivity contribution >= 4 is 5.91 Å². The van der Waals surface area contributed by atoms with E-state index in [1.807, 2.05) is 0 Å². The van der Waals surface area contributed by atoms with Crippen LogP contribution in [0.1, 0.15) is 16.1 Å². The van der Waals surface area contributed by atoms with E-state index in [1.165, 1.54) is 30.5 Å². The highest BCUT2D eigenvalue weighted by Gasteiger charge is 2.17. The standard InChI is InChI=1S/C15H15FN2O3/c16-11-5-3-10(4-6-11)8-12(9-19)18-15(21)14-13(20)2-1-7-17-14/h1-7,12,19-20H,8-9H2,(H,18,21). The largest absolute Gasteiger partial charge is 0.505 e. The van der Waals surface area contributed by atoms with Crippen LogP contribution >= 0.6 is 0 Å². The number of aromatic hydroxyl groups is 1. The fourth-order valence-corrected chi connectivity index (χ4v) is 1.89. The van der Waals surface area contributed by atoms with E-state index in [9.17, 15) is 19.4 Å². The predicted molar refractivity (Wildman–Crippen MR) is 74.3 cm³/mol. The first-order valence-corrected chi connectivity index (χ1v) is 6.40. The van der Waals surface area contributed by atoms with Crippen LogP contribution in [0.3, 0.4) is 0 Å². The van der Waals surface area contributed by atoms with Crippen LogP contribution in [0.2, 0.25) is 0 Å². The van der Waals surface area contributed by atoms with E-state index in [2.05, 4.69) is 10.3 Å².